The number of hydrogen-bond acceptors (Lipinski definition) is 3. The second-order valence-electron chi connectivity index (χ2n) is 5.94. The molecule has 22 heavy (non-hydrogen) atoms. The summed E-state index contributed by atoms with van der Waals surface area (Å²) < 4.78 is 6.07. The second kappa shape index (κ2) is 6.59. The summed E-state index contributed by atoms with van der Waals surface area (Å²) in [6.45, 7) is 2.17. The van der Waals surface area contributed by atoms with Gasteiger partial charge in [0.05, 0.1) is 6.10 Å². The van der Waals surface area contributed by atoms with Crippen molar-refractivity contribution in [2.24, 2.45) is 0 Å². The summed E-state index contributed by atoms with van der Waals surface area (Å²) in [5, 5.41) is 11.0. The zero-order valence-electron chi connectivity index (χ0n) is 13.0. The molecule has 3 nitrogen and oxygen atoms in total. The van der Waals surface area contributed by atoms with E-state index >= 15 is 0 Å². The zero-order chi connectivity index (χ0) is 15.4. The lowest BCUT2D eigenvalue weighted by Crippen LogP contribution is -2.26. The molecule has 1 aromatic carbocycles. The van der Waals surface area contributed by atoms with Crippen molar-refractivity contribution in [2.45, 2.75) is 50.9 Å². The van der Waals surface area contributed by atoms with Crippen molar-refractivity contribution < 1.29 is 9.84 Å². The van der Waals surface area contributed by atoms with Gasteiger partial charge in [-0.2, -0.15) is 0 Å². The molecule has 0 bridgehead atoms. The van der Waals surface area contributed by atoms with Crippen molar-refractivity contribution >= 4 is 0 Å². The van der Waals surface area contributed by atoms with Crippen LogP contribution in [0.15, 0.2) is 48.7 Å². The fraction of sp³-hybridized carbons (Fsp3) is 0.421. The standard InChI is InChI=1S/C19H23NO2/c1-2-3-11-18-16-9-4-5-10-17(16)19(21,22-18)13-12-15-8-6-7-14-20-15/h4-10,14,18,21H,2-3,11-13H2,1H3. The summed E-state index contributed by atoms with van der Waals surface area (Å²) in [6, 6.07) is 13.9. The van der Waals surface area contributed by atoms with E-state index in [0.717, 1.165) is 36.1 Å². The fourth-order valence-corrected chi connectivity index (χ4v) is 3.14. The van der Waals surface area contributed by atoms with Gasteiger partial charge in [0.25, 0.3) is 0 Å². The Morgan fingerprint density at radius 3 is 2.77 bits per heavy atom. The molecule has 1 aliphatic heterocycles. The minimum Gasteiger partial charge on any atom is -0.362 e. The van der Waals surface area contributed by atoms with E-state index in [-0.39, 0.29) is 6.10 Å². The van der Waals surface area contributed by atoms with Gasteiger partial charge < -0.3 is 9.84 Å². The van der Waals surface area contributed by atoms with Gasteiger partial charge in [0, 0.05) is 23.9 Å². The van der Waals surface area contributed by atoms with Crippen molar-refractivity contribution in [3.63, 3.8) is 0 Å². The molecule has 116 valence electrons. The number of rotatable bonds is 6. The lowest BCUT2D eigenvalue weighted by atomic mass is 9.95. The van der Waals surface area contributed by atoms with Crippen molar-refractivity contribution in [1.29, 1.82) is 0 Å². The van der Waals surface area contributed by atoms with Gasteiger partial charge in [0.2, 0.25) is 0 Å². The third-order valence-corrected chi connectivity index (χ3v) is 4.33. The average molecular weight is 297 g/mol. The number of aryl methyl sites for hydroxylation is 1. The highest BCUT2D eigenvalue weighted by Crippen LogP contribution is 2.46. The molecule has 2 atom stereocenters. The largest absolute Gasteiger partial charge is 0.362 e. The number of aromatic nitrogens is 1. The molecule has 1 aromatic heterocycles. The van der Waals surface area contributed by atoms with E-state index in [9.17, 15) is 5.11 Å². The maximum Gasteiger partial charge on any atom is 0.193 e. The Balaban J connectivity index is 1.78. The van der Waals surface area contributed by atoms with E-state index in [0.29, 0.717) is 12.8 Å². The topological polar surface area (TPSA) is 42.4 Å². The van der Waals surface area contributed by atoms with E-state index in [1.54, 1.807) is 6.20 Å². The van der Waals surface area contributed by atoms with Crippen LogP contribution in [0.1, 0.15) is 55.5 Å². The Morgan fingerprint density at radius 1 is 1.18 bits per heavy atom. The highest BCUT2D eigenvalue weighted by atomic mass is 16.6. The SMILES string of the molecule is CCCCC1OC(O)(CCc2ccccn2)c2ccccc21. The number of aliphatic hydroxyl groups is 1. The first kappa shape index (κ1) is 15.2. The van der Waals surface area contributed by atoms with Crippen LogP contribution in [0.25, 0.3) is 0 Å². The third-order valence-electron chi connectivity index (χ3n) is 4.33. The van der Waals surface area contributed by atoms with E-state index in [1.807, 2.05) is 36.4 Å². The molecule has 0 spiro atoms. The maximum atomic E-state index is 11.0. The van der Waals surface area contributed by atoms with E-state index in [1.165, 1.54) is 0 Å². The first-order chi connectivity index (χ1) is 10.7. The van der Waals surface area contributed by atoms with Gasteiger partial charge in [0.1, 0.15) is 0 Å². The van der Waals surface area contributed by atoms with Gasteiger partial charge in [-0.25, -0.2) is 0 Å². The molecule has 0 aliphatic carbocycles. The van der Waals surface area contributed by atoms with Gasteiger partial charge >= 0.3 is 0 Å². The molecule has 2 aromatic rings. The Hall–Kier alpha value is -1.71. The first-order valence-electron chi connectivity index (χ1n) is 8.12. The molecule has 1 N–H and O–H groups in total. The van der Waals surface area contributed by atoms with Gasteiger partial charge in [0.15, 0.2) is 5.79 Å². The number of fused-ring (bicyclic) bond motifs is 1. The number of pyridine rings is 1. The minimum atomic E-state index is -1.19. The summed E-state index contributed by atoms with van der Waals surface area (Å²) in [7, 11) is 0. The lowest BCUT2D eigenvalue weighted by Gasteiger charge is -2.24. The summed E-state index contributed by atoms with van der Waals surface area (Å²) in [4.78, 5) is 4.33. The van der Waals surface area contributed by atoms with Gasteiger partial charge in [-0.05, 0) is 30.5 Å². The summed E-state index contributed by atoms with van der Waals surface area (Å²) >= 11 is 0. The van der Waals surface area contributed by atoms with Crippen LogP contribution in [0.4, 0.5) is 0 Å². The van der Waals surface area contributed by atoms with Gasteiger partial charge in [-0.3, -0.25) is 4.98 Å². The molecule has 1 aliphatic rings. The molecule has 2 unspecified atom stereocenters. The Morgan fingerprint density at radius 2 is 2.00 bits per heavy atom. The van der Waals surface area contributed by atoms with Crippen LogP contribution in [-0.4, -0.2) is 10.1 Å². The highest BCUT2D eigenvalue weighted by Gasteiger charge is 2.42. The van der Waals surface area contributed by atoms with Crippen molar-refractivity contribution in [3.8, 4) is 0 Å². The number of nitrogens with zero attached hydrogens (tertiary/aromatic N) is 1. The van der Waals surface area contributed by atoms with E-state index < -0.39 is 5.79 Å². The molecule has 0 saturated carbocycles. The summed E-state index contributed by atoms with van der Waals surface area (Å²) in [5.74, 6) is -1.19. The van der Waals surface area contributed by atoms with Crippen LogP contribution in [0, 0.1) is 0 Å². The monoisotopic (exact) mass is 297 g/mol. The van der Waals surface area contributed by atoms with Crippen molar-refractivity contribution in [3.05, 3.63) is 65.5 Å². The van der Waals surface area contributed by atoms with E-state index in [2.05, 4.69) is 18.0 Å². The smallest absolute Gasteiger partial charge is 0.193 e. The predicted molar refractivity (Wildman–Crippen MR) is 86.2 cm³/mol. The molecule has 0 fully saturated rings. The highest BCUT2D eigenvalue weighted by molar-refractivity contribution is 5.36. The van der Waals surface area contributed by atoms with E-state index in [4.69, 9.17) is 4.74 Å². The fourth-order valence-electron chi connectivity index (χ4n) is 3.14. The molecule has 0 saturated heterocycles. The second-order valence-corrected chi connectivity index (χ2v) is 5.94. The number of ether oxygens (including phenoxy) is 1. The van der Waals surface area contributed by atoms with Crippen LogP contribution in [0.2, 0.25) is 0 Å². The lowest BCUT2D eigenvalue weighted by molar-refractivity contribution is -0.228. The third kappa shape index (κ3) is 3.06. The van der Waals surface area contributed by atoms with Gasteiger partial charge in [-0.15, -0.1) is 0 Å². The van der Waals surface area contributed by atoms with Crippen LogP contribution in [0.5, 0.6) is 0 Å². The number of unbranched alkanes of at least 4 members (excludes halogenated alkanes) is 1. The Bertz CT molecular complexity index is 614. The van der Waals surface area contributed by atoms with Crippen LogP contribution < -0.4 is 0 Å². The van der Waals surface area contributed by atoms with Crippen LogP contribution in [0.3, 0.4) is 0 Å². The quantitative estimate of drug-likeness (QED) is 0.872. The molecule has 3 rings (SSSR count). The minimum absolute atomic E-state index is 0.00452. The molecule has 0 amide bonds. The molecule has 2 heterocycles. The molecular formula is C19H23NO2. The summed E-state index contributed by atoms with van der Waals surface area (Å²) in [5.41, 5.74) is 3.04. The molecular weight excluding hydrogens is 274 g/mol. The van der Waals surface area contributed by atoms with Crippen LogP contribution in [-0.2, 0) is 16.9 Å². The summed E-state index contributed by atoms with van der Waals surface area (Å²) in [6.07, 6.45) is 6.22. The molecule has 0 radical (unpaired) electrons. The average Bonchev–Trinajstić information content (AvgIpc) is 2.86. The van der Waals surface area contributed by atoms with Crippen molar-refractivity contribution in [1.82, 2.24) is 4.98 Å². The Kier molecular flexibility index (Phi) is 4.55. The first-order valence-corrected chi connectivity index (χ1v) is 8.12. The van der Waals surface area contributed by atoms with Gasteiger partial charge in [-0.1, -0.05) is 50.1 Å². The van der Waals surface area contributed by atoms with Crippen LogP contribution >= 0.6 is 0 Å². The van der Waals surface area contributed by atoms with Crippen molar-refractivity contribution in [2.75, 3.05) is 0 Å². The normalized spacial score (nSPS) is 23.5. The Labute approximate surface area is 132 Å². The number of benzene rings is 1. The predicted octanol–water partition coefficient (Wildman–Crippen LogP) is 4.12. The molecule has 3 heteroatoms. The maximum absolute atomic E-state index is 11.0. The number of hydrogen-bond donors (Lipinski definition) is 1. The zero-order valence-corrected chi connectivity index (χ0v) is 13.0.